The molecule has 1 aromatic heterocycles. The minimum Gasteiger partial charge on any atom is -0.505 e. The maximum absolute atomic E-state index is 12.9. The summed E-state index contributed by atoms with van der Waals surface area (Å²) in [7, 11) is 1.48. The minimum absolute atomic E-state index is 0.0417. The lowest BCUT2D eigenvalue weighted by molar-refractivity contribution is 0.122. The molecule has 25 heavy (non-hydrogen) atoms. The Balaban J connectivity index is 2.05. The van der Waals surface area contributed by atoms with Crippen LogP contribution in [0.15, 0.2) is 33.5 Å². The topological polar surface area (TPSA) is 92.4 Å². The molecule has 130 valence electrons. The van der Waals surface area contributed by atoms with Crippen molar-refractivity contribution in [3.8, 4) is 17.2 Å². The Morgan fingerprint density at radius 1 is 1.20 bits per heavy atom. The van der Waals surface area contributed by atoms with E-state index in [0.29, 0.717) is 37.4 Å². The van der Waals surface area contributed by atoms with Gasteiger partial charge in [0.25, 0.3) is 0 Å². The van der Waals surface area contributed by atoms with Crippen molar-refractivity contribution in [2.45, 2.75) is 0 Å². The molecule has 2 aromatic carbocycles. The van der Waals surface area contributed by atoms with E-state index in [2.05, 4.69) is 0 Å². The predicted molar refractivity (Wildman–Crippen MR) is 92.9 cm³/mol. The molecule has 0 amide bonds. The maximum Gasteiger partial charge on any atom is 0.204 e. The van der Waals surface area contributed by atoms with Gasteiger partial charge in [-0.2, -0.15) is 0 Å². The van der Waals surface area contributed by atoms with Gasteiger partial charge in [-0.05, 0) is 12.1 Å². The Labute approximate surface area is 142 Å². The van der Waals surface area contributed by atoms with Crippen molar-refractivity contribution in [2.75, 3.05) is 38.3 Å². The molecule has 0 bridgehead atoms. The van der Waals surface area contributed by atoms with E-state index in [4.69, 9.17) is 13.9 Å². The van der Waals surface area contributed by atoms with Crippen LogP contribution in [0.4, 0.5) is 5.69 Å². The monoisotopic (exact) mass is 343 g/mol. The van der Waals surface area contributed by atoms with Crippen molar-refractivity contribution in [1.29, 1.82) is 0 Å². The number of phenols is 2. The molecule has 0 aliphatic carbocycles. The summed E-state index contributed by atoms with van der Waals surface area (Å²) in [6, 6.07) is 6.33. The van der Waals surface area contributed by atoms with Crippen LogP contribution in [0.2, 0.25) is 0 Å². The SMILES string of the molecule is COc1cccc2c(=O)c3c(O)c(N4CCOCC4)c(O)cc3oc12. The van der Waals surface area contributed by atoms with Gasteiger partial charge < -0.3 is 29.0 Å². The van der Waals surface area contributed by atoms with Gasteiger partial charge in [-0.3, -0.25) is 4.79 Å². The summed E-state index contributed by atoms with van der Waals surface area (Å²) in [5, 5.41) is 21.5. The number of anilines is 1. The summed E-state index contributed by atoms with van der Waals surface area (Å²) in [4.78, 5) is 14.7. The number of fused-ring (bicyclic) bond motifs is 2. The Morgan fingerprint density at radius 2 is 1.96 bits per heavy atom. The zero-order valence-electron chi connectivity index (χ0n) is 13.6. The first-order valence-electron chi connectivity index (χ1n) is 7.93. The lowest BCUT2D eigenvalue weighted by atomic mass is 10.1. The van der Waals surface area contributed by atoms with Crippen LogP contribution >= 0.6 is 0 Å². The molecule has 0 radical (unpaired) electrons. The van der Waals surface area contributed by atoms with Crippen LogP contribution in [0.5, 0.6) is 17.2 Å². The van der Waals surface area contributed by atoms with Crippen molar-refractivity contribution in [3.05, 3.63) is 34.5 Å². The molecule has 7 heteroatoms. The van der Waals surface area contributed by atoms with Gasteiger partial charge in [0.15, 0.2) is 17.1 Å². The molecule has 4 rings (SSSR count). The predicted octanol–water partition coefficient (Wildman–Crippen LogP) is 2.20. The first kappa shape index (κ1) is 15.6. The molecule has 0 saturated carbocycles. The molecule has 1 aliphatic rings. The van der Waals surface area contributed by atoms with E-state index in [9.17, 15) is 15.0 Å². The van der Waals surface area contributed by atoms with Gasteiger partial charge in [0, 0.05) is 19.2 Å². The maximum atomic E-state index is 12.9. The van der Waals surface area contributed by atoms with Crippen molar-refractivity contribution in [1.82, 2.24) is 0 Å². The highest BCUT2D eigenvalue weighted by Crippen LogP contribution is 2.43. The number of methoxy groups -OCH3 is 1. The largest absolute Gasteiger partial charge is 0.505 e. The van der Waals surface area contributed by atoms with E-state index in [0.717, 1.165) is 0 Å². The fraction of sp³-hybridized carbons (Fsp3) is 0.278. The van der Waals surface area contributed by atoms with E-state index in [-0.39, 0.29) is 39.2 Å². The molecule has 0 spiro atoms. The molecule has 7 nitrogen and oxygen atoms in total. The number of ether oxygens (including phenoxy) is 2. The highest BCUT2D eigenvalue weighted by atomic mass is 16.5. The number of hydrogen-bond acceptors (Lipinski definition) is 7. The molecular formula is C18H17NO6. The third-order valence-electron chi connectivity index (χ3n) is 4.43. The van der Waals surface area contributed by atoms with Crippen LogP contribution in [0.1, 0.15) is 0 Å². The lowest BCUT2D eigenvalue weighted by Crippen LogP contribution is -2.36. The first-order valence-corrected chi connectivity index (χ1v) is 7.93. The van der Waals surface area contributed by atoms with Gasteiger partial charge in [0.1, 0.15) is 22.4 Å². The van der Waals surface area contributed by atoms with Gasteiger partial charge in [-0.1, -0.05) is 6.07 Å². The van der Waals surface area contributed by atoms with Crippen LogP contribution in [-0.2, 0) is 4.74 Å². The number of rotatable bonds is 2. The van der Waals surface area contributed by atoms with Gasteiger partial charge in [0.05, 0.1) is 25.7 Å². The lowest BCUT2D eigenvalue weighted by Gasteiger charge is -2.30. The summed E-state index contributed by atoms with van der Waals surface area (Å²) in [5.41, 5.74) is 0.238. The quantitative estimate of drug-likeness (QED) is 0.689. The van der Waals surface area contributed by atoms with Crippen molar-refractivity contribution >= 4 is 27.6 Å². The smallest absolute Gasteiger partial charge is 0.204 e. The zero-order chi connectivity index (χ0) is 17.6. The second-order valence-corrected chi connectivity index (χ2v) is 5.83. The zero-order valence-corrected chi connectivity index (χ0v) is 13.6. The second-order valence-electron chi connectivity index (χ2n) is 5.83. The van der Waals surface area contributed by atoms with Crippen molar-refractivity contribution in [2.24, 2.45) is 0 Å². The molecule has 0 atom stereocenters. The molecular weight excluding hydrogens is 326 g/mol. The highest BCUT2D eigenvalue weighted by molar-refractivity contribution is 5.99. The summed E-state index contributed by atoms with van der Waals surface area (Å²) in [6.45, 7) is 2.00. The molecule has 2 heterocycles. The third kappa shape index (κ3) is 2.35. The van der Waals surface area contributed by atoms with Crippen LogP contribution < -0.4 is 15.1 Å². The normalized spacial score (nSPS) is 15.0. The van der Waals surface area contributed by atoms with Gasteiger partial charge in [-0.25, -0.2) is 0 Å². The van der Waals surface area contributed by atoms with Gasteiger partial charge in [0.2, 0.25) is 5.43 Å². The Morgan fingerprint density at radius 3 is 2.68 bits per heavy atom. The van der Waals surface area contributed by atoms with E-state index >= 15 is 0 Å². The molecule has 1 saturated heterocycles. The van der Waals surface area contributed by atoms with E-state index in [1.807, 2.05) is 0 Å². The number of benzene rings is 2. The number of aromatic hydroxyl groups is 2. The summed E-state index contributed by atoms with van der Waals surface area (Å²) in [5.74, 6) is -0.0209. The summed E-state index contributed by atoms with van der Waals surface area (Å²) < 4.78 is 16.3. The van der Waals surface area contributed by atoms with Crippen LogP contribution in [-0.4, -0.2) is 43.6 Å². The number of hydrogen-bond donors (Lipinski definition) is 2. The van der Waals surface area contributed by atoms with Gasteiger partial charge >= 0.3 is 0 Å². The molecule has 1 fully saturated rings. The number of nitrogens with zero attached hydrogens (tertiary/aromatic N) is 1. The minimum atomic E-state index is -0.373. The van der Waals surface area contributed by atoms with Crippen LogP contribution in [0, 0.1) is 0 Å². The van der Waals surface area contributed by atoms with Crippen molar-refractivity contribution in [3.63, 3.8) is 0 Å². The highest BCUT2D eigenvalue weighted by Gasteiger charge is 2.24. The van der Waals surface area contributed by atoms with Crippen LogP contribution in [0.3, 0.4) is 0 Å². The van der Waals surface area contributed by atoms with Gasteiger partial charge in [-0.15, -0.1) is 0 Å². The second kappa shape index (κ2) is 5.86. The molecule has 3 aromatic rings. The molecule has 1 aliphatic heterocycles. The van der Waals surface area contributed by atoms with E-state index in [1.54, 1.807) is 23.1 Å². The van der Waals surface area contributed by atoms with E-state index in [1.165, 1.54) is 13.2 Å². The average Bonchev–Trinajstić information content (AvgIpc) is 2.62. The van der Waals surface area contributed by atoms with E-state index < -0.39 is 0 Å². The first-order chi connectivity index (χ1) is 12.1. The summed E-state index contributed by atoms with van der Waals surface area (Å²) in [6.07, 6.45) is 0. The van der Waals surface area contributed by atoms with Crippen molar-refractivity contribution < 1.29 is 24.1 Å². The Hall–Kier alpha value is -2.93. The van der Waals surface area contributed by atoms with Crippen LogP contribution in [0.25, 0.3) is 21.9 Å². The Kier molecular flexibility index (Phi) is 3.65. The number of phenolic OH excluding ortho intramolecular Hbond substituents is 2. The molecule has 0 unspecified atom stereocenters. The Bertz CT molecular complexity index is 1020. The number of para-hydroxylation sites is 1. The summed E-state index contributed by atoms with van der Waals surface area (Å²) >= 11 is 0. The fourth-order valence-corrected chi connectivity index (χ4v) is 3.23. The number of morpholine rings is 1. The average molecular weight is 343 g/mol. The molecule has 2 N–H and O–H groups in total. The third-order valence-corrected chi connectivity index (χ3v) is 4.43. The standard InChI is InChI=1S/C18H17NO6/c1-23-12-4-2-3-10-16(21)14-13(25-18(10)12)9-11(20)15(17(14)22)19-5-7-24-8-6-19/h2-4,9,20,22H,5-8H2,1H3. The fourth-order valence-electron chi connectivity index (χ4n) is 3.23.